The Labute approximate surface area is 228 Å². The number of nitrogen functional groups attached to an aromatic ring is 1. The summed E-state index contributed by atoms with van der Waals surface area (Å²) in [6.07, 6.45) is 2.09. The van der Waals surface area contributed by atoms with Crippen molar-refractivity contribution in [3.05, 3.63) is 64.1 Å². The van der Waals surface area contributed by atoms with Crippen LogP contribution in [0.4, 0.5) is 5.82 Å². The number of aromatic nitrogens is 2. The number of hydrogen-bond acceptors (Lipinski definition) is 11. The second-order valence-corrected chi connectivity index (χ2v) is 9.32. The van der Waals surface area contributed by atoms with E-state index in [-0.39, 0.29) is 47.6 Å². The van der Waals surface area contributed by atoms with Crippen molar-refractivity contribution in [1.29, 1.82) is 0 Å². The molecule has 0 saturated carbocycles. The summed E-state index contributed by atoms with van der Waals surface area (Å²) in [5.41, 5.74) is 7.29. The maximum Gasteiger partial charge on any atom is 0.469 e. The van der Waals surface area contributed by atoms with Gasteiger partial charge in [0, 0.05) is 58.3 Å². The number of phosphoric acid groups is 1. The normalized spacial score (nSPS) is 11.2. The fraction of sp³-hybridized carbons (Fsp3) is 0.286. The van der Waals surface area contributed by atoms with Gasteiger partial charge in [0.15, 0.2) is 0 Å². The van der Waals surface area contributed by atoms with Crippen molar-refractivity contribution in [2.45, 2.75) is 33.7 Å². The van der Waals surface area contributed by atoms with E-state index in [9.17, 15) is 18.9 Å². The first-order valence-corrected chi connectivity index (χ1v) is 12.6. The number of benzene rings is 1. The van der Waals surface area contributed by atoms with Crippen LogP contribution in [0.5, 0.6) is 0 Å². The zero-order valence-corrected chi connectivity index (χ0v) is 23.1. The Morgan fingerprint density at radius 2 is 1.81 bits per heavy atom. The number of aryl methyl sites for hydroxylation is 1. The van der Waals surface area contributed by atoms with E-state index in [2.05, 4.69) is 25.2 Å². The maximum atomic E-state index is 12.7. The minimum atomic E-state index is -4.67. The largest absolute Gasteiger partial charge is 0.469 e. The Morgan fingerprint density at radius 3 is 2.30 bits per heavy atom. The quantitative estimate of drug-likeness (QED) is 0.134. The van der Waals surface area contributed by atoms with Crippen molar-refractivity contribution in [3.8, 4) is 0 Å². The van der Waals surface area contributed by atoms with E-state index in [0.29, 0.717) is 34.0 Å². The molecular formula is C21H28MnN5O8PS. The SMILES string of the molecule is C/C(=C(\CCOP(=O)(O)O)SC(=O)c1ccccc1)N(C=O)Cc1cnc(C)nc1N.CC(=O)ON.[Mn]. The molecule has 6 N–H and O–H groups in total. The van der Waals surface area contributed by atoms with Gasteiger partial charge >= 0.3 is 13.8 Å². The van der Waals surface area contributed by atoms with Crippen LogP contribution >= 0.6 is 19.6 Å². The molecule has 0 aliphatic carbocycles. The van der Waals surface area contributed by atoms with Crippen molar-refractivity contribution in [2.24, 2.45) is 5.90 Å². The minimum Gasteiger partial charge on any atom is -0.383 e. The van der Waals surface area contributed by atoms with Crippen LogP contribution in [0.25, 0.3) is 0 Å². The first-order valence-electron chi connectivity index (χ1n) is 10.2. The Morgan fingerprint density at radius 1 is 1.22 bits per heavy atom. The van der Waals surface area contributed by atoms with Gasteiger partial charge in [-0.2, -0.15) is 5.90 Å². The molecule has 2 rings (SSSR count). The summed E-state index contributed by atoms with van der Waals surface area (Å²) in [6.45, 7) is 4.27. The summed E-state index contributed by atoms with van der Waals surface area (Å²) in [7, 11) is -4.67. The number of nitrogens with two attached hydrogens (primary N) is 2. The third kappa shape index (κ3) is 13.5. The van der Waals surface area contributed by atoms with Crippen molar-refractivity contribution < 1.29 is 55.2 Å². The number of amides is 1. The Hall–Kier alpha value is -2.61. The van der Waals surface area contributed by atoms with Crippen LogP contribution in [0, 0.1) is 6.92 Å². The van der Waals surface area contributed by atoms with Gasteiger partial charge in [-0.3, -0.25) is 18.9 Å². The first-order chi connectivity index (χ1) is 16.9. The van der Waals surface area contributed by atoms with Crippen LogP contribution in [0.15, 0.2) is 47.1 Å². The van der Waals surface area contributed by atoms with E-state index in [1.807, 2.05) is 0 Å². The predicted molar refractivity (Wildman–Crippen MR) is 132 cm³/mol. The Bertz CT molecular complexity index is 1130. The molecule has 0 bridgehead atoms. The van der Waals surface area contributed by atoms with Gasteiger partial charge < -0.3 is 25.3 Å². The molecule has 0 unspecified atom stereocenters. The van der Waals surface area contributed by atoms with E-state index < -0.39 is 13.8 Å². The van der Waals surface area contributed by atoms with Gasteiger partial charge in [-0.1, -0.05) is 30.3 Å². The summed E-state index contributed by atoms with van der Waals surface area (Å²) in [4.78, 5) is 65.3. The monoisotopic (exact) mass is 596 g/mol. The molecule has 0 aliphatic heterocycles. The number of allylic oxidation sites excluding steroid dienone is 1. The number of carbonyl (C=O) groups is 3. The van der Waals surface area contributed by atoms with E-state index >= 15 is 0 Å². The molecule has 0 saturated heterocycles. The molecule has 0 spiro atoms. The number of rotatable bonds is 10. The zero-order valence-electron chi connectivity index (χ0n) is 20.2. The molecule has 2 aromatic rings. The average molecular weight is 596 g/mol. The van der Waals surface area contributed by atoms with Crippen LogP contribution in [-0.2, 0) is 47.1 Å². The number of nitrogens with zero attached hydrogens (tertiary/aromatic N) is 3. The molecule has 1 radical (unpaired) electrons. The summed E-state index contributed by atoms with van der Waals surface area (Å²) in [6, 6.07) is 8.52. The van der Waals surface area contributed by atoms with Crippen molar-refractivity contribution in [2.75, 3.05) is 12.3 Å². The van der Waals surface area contributed by atoms with Gasteiger partial charge in [0.1, 0.15) is 11.6 Å². The molecular weight excluding hydrogens is 568 g/mol. The average Bonchev–Trinajstić information content (AvgIpc) is 2.82. The van der Waals surface area contributed by atoms with Crippen molar-refractivity contribution >= 4 is 42.9 Å². The van der Waals surface area contributed by atoms with E-state index in [1.54, 1.807) is 44.2 Å². The third-order valence-electron chi connectivity index (χ3n) is 4.30. The molecule has 13 nitrogen and oxygen atoms in total. The Kier molecular flexibility index (Phi) is 15.8. The molecule has 0 atom stereocenters. The van der Waals surface area contributed by atoms with Crippen LogP contribution in [0.1, 0.15) is 42.0 Å². The first kappa shape index (κ1) is 34.4. The van der Waals surface area contributed by atoms with Gasteiger partial charge in [-0.05, 0) is 25.6 Å². The summed E-state index contributed by atoms with van der Waals surface area (Å²) in [5, 5.41) is -0.282. The standard InChI is InChI=1S/C19H23N4O6PS.C2H5NO2.Mn/c1-13(23(12-24)11-16-10-21-14(2)22-18(16)20)17(8-9-29-30(26,27)28)31-19(25)15-6-4-3-5-7-15;1-2(4)5-3;/h3-7,10,12H,8-9,11H2,1-2H3,(H2,20,21,22)(H2,26,27,28);3H2,1H3;/b17-13-;;. The van der Waals surface area contributed by atoms with E-state index in [4.69, 9.17) is 15.5 Å². The van der Waals surface area contributed by atoms with Crippen LogP contribution in [-0.4, -0.2) is 48.8 Å². The third-order valence-corrected chi connectivity index (χ3v) is 5.99. The fourth-order valence-electron chi connectivity index (χ4n) is 2.52. The van der Waals surface area contributed by atoms with Gasteiger partial charge in [0.05, 0.1) is 13.2 Å². The molecule has 1 aromatic heterocycles. The number of anilines is 1. The van der Waals surface area contributed by atoms with Crippen LogP contribution in [0.3, 0.4) is 0 Å². The Balaban J connectivity index is 0.00000196. The number of carbonyl (C=O) groups excluding carboxylic acids is 3. The summed E-state index contributed by atoms with van der Waals surface area (Å²) in [5.74, 6) is 4.57. The van der Waals surface area contributed by atoms with Gasteiger partial charge in [-0.15, -0.1) is 0 Å². The molecule has 16 heteroatoms. The van der Waals surface area contributed by atoms with Crippen LogP contribution < -0.4 is 11.6 Å². The number of thioether (sulfide) groups is 1. The number of phosphoric ester groups is 1. The van der Waals surface area contributed by atoms with Crippen molar-refractivity contribution in [1.82, 2.24) is 14.9 Å². The summed E-state index contributed by atoms with van der Waals surface area (Å²) < 4.78 is 15.5. The summed E-state index contributed by atoms with van der Waals surface area (Å²) >= 11 is 0.862. The van der Waals surface area contributed by atoms with E-state index in [0.717, 1.165) is 11.8 Å². The molecule has 0 aliphatic rings. The second kappa shape index (κ2) is 17.0. The molecule has 0 fully saturated rings. The number of hydrogen-bond donors (Lipinski definition) is 4. The topological polar surface area (TPSA) is 208 Å². The van der Waals surface area contributed by atoms with Gasteiger partial charge in [-0.25, -0.2) is 14.5 Å². The smallest absolute Gasteiger partial charge is 0.383 e. The zero-order chi connectivity index (χ0) is 27.3. The van der Waals surface area contributed by atoms with E-state index in [1.165, 1.54) is 18.0 Å². The van der Waals surface area contributed by atoms with Gasteiger partial charge in [0.2, 0.25) is 11.5 Å². The molecule has 1 heterocycles. The van der Waals surface area contributed by atoms with Crippen LogP contribution in [0.2, 0.25) is 0 Å². The van der Waals surface area contributed by atoms with Crippen molar-refractivity contribution in [3.63, 3.8) is 0 Å². The molecule has 203 valence electrons. The molecule has 37 heavy (non-hydrogen) atoms. The predicted octanol–water partition coefficient (Wildman–Crippen LogP) is 2.05. The molecule has 1 aromatic carbocycles. The fourth-order valence-corrected chi connectivity index (χ4v) is 3.78. The second-order valence-electron chi connectivity index (χ2n) is 7.01. The minimum absolute atomic E-state index is 0. The maximum absolute atomic E-state index is 12.7. The van der Waals surface area contributed by atoms with Gasteiger partial charge in [0.25, 0.3) is 0 Å². The molecule has 1 amide bonds.